The molecule has 4 aromatic carbocycles. The van der Waals surface area contributed by atoms with Crippen LogP contribution in [0, 0.1) is 5.92 Å². The zero-order valence-electron chi connectivity index (χ0n) is 21.9. The maximum atomic E-state index is 14.2. The summed E-state index contributed by atoms with van der Waals surface area (Å²) in [5.74, 6) is -0.140. The number of rotatable bonds is 8. The van der Waals surface area contributed by atoms with Crippen molar-refractivity contribution in [3.63, 3.8) is 0 Å². The molecule has 2 amide bonds. The summed E-state index contributed by atoms with van der Waals surface area (Å²) < 4.78 is 11.8. The standard InChI is InChI=1S/C32H30N2O5/c1-3-19-38-26-18-17-22(20-27(26)37-4-2)29-28-30(39-34(29)23-13-6-5-7-14-23)32(36)33(31(28)35)25-16-10-12-21-11-8-9-15-24(21)25/h5-18,20,28-30H,3-4,19H2,1-2H3/t28-,29-,30+/m1/s1. The summed E-state index contributed by atoms with van der Waals surface area (Å²) in [6, 6.07) is 28.1. The van der Waals surface area contributed by atoms with E-state index < -0.39 is 18.1 Å². The molecule has 3 atom stereocenters. The first-order chi connectivity index (χ1) is 19.1. The minimum absolute atomic E-state index is 0.283. The lowest BCUT2D eigenvalue weighted by atomic mass is 9.90. The Morgan fingerprint density at radius 3 is 2.36 bits per heavy atom. The number of amides is 2. The number of carbonyl (C=O) groups is 2. The number of hydrogen-bond donors (Lipinski definition) is 0. The van der Waals surface area contributed by atoms with Crippen molar-refractivity contribution in [2.24, 2.45) is 5.92 Å². The van der Waals surface area contributed by atoms with E-state index in [9.17, 15) is 9.59 Å². The second kappa shape index (κ2) is 10.4. The summed E-state index contributed by atoms with van der Waals surface area (Å²) in [5.41, 5.74) is 2.14. The maximum Gasteiger partial charge on any atom is 0.266 e. The highest BCUT2D eigenvalue weighted by Crippen LogP contribution is 2.49. The van der Waals surface area contributed by atoms with E-state index in [4.69, 9.17) is 14.3 Å². The van der Waals surface area contributed by atoms with Crippen LogP contribution >= 0.6 is 0 Å². The molecule has 2 fully saturated rings. The Balaban J connectivity index is 1.44. The molecular weight excluding hydrogens is 492 g/mol. The largest absolute Gasteiger partial charge is 0.490 e. The molecule has 0 saturated carbocycles. The summed E-state index contributed by atoms with van der Waals surface area (Å²) in [6.07, 6.45) is -0.0797. The van der Waals surface area contributed by atoms with Gasteiger partial charge in [0.25, 0.3) is 5.91 Å². The van der Waals surface area contributed by atoms with Gasteiger partial charge in [0.1, 0.15) is 5.92 Å². The molecule has 2 heterocycles. The van der Waals surface area contributed by atoms with E-state index in [1.165, 1.54) is 4.90 Å². The van der Waals surface area contributed by atoms with E-state index >= 15 is 0 Å². The smallest absolute Gasteiger partial charge is 0.266 e. The first-order valence-electron chi connectivity index (χ1n) is 13.4. The number of imide groups is 1. The molecule has 2 aliphatic heterocycles. The van der Waals surface area contributed by atoms with Gasteiger partial charge in [0.2, 0.25) is 5.91 Å². The predicted molar refractivity (Wildman–Crippen MR) is 150 cm³/mol. The molecule has 0 spiro atoms. The Kier molecular flexibility index (Phi) is 6.67. The highest BCUT2D eigenvalue weighted by Gasteiger charge is 2.60. The van der Waals surface area contributed by atoms with Gasteiger partial charge < -0.3 is 9.47 Å². The first kappa shape index (κ1) is 24.9. The number of carbonyl (C=O) groups excluding carboxylic acids is 2. The summed E-state index contributed by atoms with van der Waals surface area (Å²) >= 11 is 0. The molecular formula is C32H30N2O5. The van der Waals surface area contributed by atoms with Gasteiger partial charge in [-0.1, -0.05) is 67.6 Å². The fraction of sp³-hybridized carbons (Fsp3) is 0.250. The van der Waals surface area contributed by atoms with Crippen LogP contribution in [0.4, 0.5) is 11.4 Å². The highest BCUT2D eigenvalue weighted by molar-refractivity contribution is 6.26. The van der Waals surface area contributed by atoms with Crippen LogP contribution in [-0.2, 0) is 14.4 Å². The third kappa shape index (κ3) is 4.29. The quantitative estimate of drug-likeness (QED) is 0.261. The summed E-state index contributed by atoms with van der Waals surface area (Å²) in [5, 5.41) is 3.50. The number of fused-ring (bicyclic) bond motifs is 2. The Bertz CT molecular complexity index is 1520. The van der Waals surface area contributed by atoms with Gasteiger partial charge in [0.05, 0.1) is 30.6 Å². The molecule has 198 valence electrons. The van der Waals surface area contributed by atoms with Crippen LogP contribution in [-0.4, -0.2) is 31.1 Å². The number of hydrogen-bond acceptors (Lipinski definition) is 6. The van der Waals surface area contributed by atoms with Gasteiger partial charge >= 0.3 is 0 Å². The molecule has 0 aliphatic carbocycles. The SMILES string of the molecule is CCCOc1ccc([C@@H]2[C@H]3C(=O)N(c4cccc5ccccc45)C(=O)[C@H]3ON2c2ccccc2)cc1OCC. The van der Waals surface area contributed by atoms with Gasteiger partial charge in [-0.05, 0) is 54.6 Å². The average molecular weight is 523 g/mol. The van der Waals surface area contributed by atoms with Crippen molar-refractivity contribution in [1.82, 2.24) is 0 Å². The van der Waals surface area contributed by atoms with E-state index in [2.05, 4.69) is 0 Å². The van der Waals surface area contributed by atoms with E-state index in [1.807, 2.05) is 105 Å². The topological polar surface area (TPSA) is 68.3 Å². The number of para-hydroxylation sites is 1. The number of benzene rings is 4. The Morgan fingerprint density at radius 2 is 1.56 bits per heavy atom. The van der Waals surface area contributed by atoms with Crippen molar-refractivity contribution < 1.29 is 23.9 Å². The molecule has 2 aliphatic rings. The fourth-order valence-corrected chi connectivity index (χ4v) is 5.50. The third-order valence-corrected chi connectivity index (χ3v) is 7.20. The van der Waals surface area contributed by atoms with Crippen LogP contribution in [0.5, 0.6) is 11.5 Å². The van der Waals surface area contributed by atoms with E-state index in [0.717, 1.165) is 28.4 Å². The zero-order chi connectivity index (χ0) is 26.9. The maximum absolute atomic E-state index is 14.2. The number of anilines is 2. The van der Waals surface area contributed by atoms with E-state index in [-0.39, 0.29) is 11.8 Å². The van der Waals surface area contributed by atoms with Crippen LogP contribution in [0.15, 0.2) is 91.0 Å². The van der Waals surface area contributed by atoms with Gasteiger partial charge in [0.15, 0.2) is 17.6 Å². The molecule has 6 rings (SSSR count). The Labute approximate surface area is 227 Å². The predicted octanol–water partition coefficient (Wildman–Crippen LogP) is 6.08. The molecule has 0 radical (unpaired) electrons. The third-order valence-electron chi connectivity index (χ3n) is 7.20. The normalized spacial score (nSPS) is 20.5. The average Bonchev–Trinajstić information content (AvgIpc) is 3.48. The van der Waals surface area contributed by atoms with Crippen molar-refractivity contribution in [2.75, 3.05) is 23.2 Å². The van der Waals surface area contributed by atoms with Crippen molar-refractivity contribution in [2.45, 2.75) is 32.4 Å². The van der Waals surface area contributed by atoms with Gasteiger partial charge in [0, 0.05) is 5.39 Å². The van der Waals surface area contributed by atoms with Crippen LogP contribution in [0.2, 0.25) is 0 Å². The van der Waals surface area contributed by atoms with E-state index in [1.54, 1.807) is 5.06 Å². The van der Waals surface area contributed by atoms with Crippen molar-refractivity contribution in [3.05, 3.63) is 96.6 Å². The van der Waals surface area contributed by atoms with Crippen LogP contribution in [0.1, 0.15) is 31.9 Å². The van der Waals surface area contributed by atoms with Gasteiger partial charge in [-0.2, -0.15) is 0 Å². The lowest BCUT2D eigenvalue weighted by Crippen LogP contribution is -2.37. The molecule has 4 aromatic rings. The van der Waals surface area contributed by atoms with Gasteiger partial charge in [-0.15, -0.1) is 0 Å². The molecule has 0 bridgehead atoms. The summed E-state index contributed by atoms with van der Waals surface area (Å²) in [4.78, 5) is 35.6. The minimum atomic E-state index is -0.951. The molecule has 0 unspecified atom stereocenters. The van der Waals surface area contributed by atoms with Crippen LogP contribution in [0.3, 0.4) is 0 Å². The van der Waals surface area contributed by atoms with Crippen LogP contribution < -0.4 is 19.4 Å². The monoisotopic (exact) mass is 522 g/mol. The lowest BCUT2D eigenvalue weighted by molar-refractivity contribution is -0.126. The lowest BCUT2D eigenvalue weighted by Gasteiger charge is -2.29. The van der Waals surface area contributed by atoms with Crippen molar-refractivity contribution >= 4 is 34.0 Å². The van der Waals surface area contributed by atoms with Gasteiger partial charge in [-0.3, -0.25) is 14.4 Å². The Morgan fingerprint density at radius 1 is 0.795 bits per heavy atom. The molecule has 7 heteroatoms. The second-order valence-corrected chi connectivity index (χ2v) is 9.66. The number of nitrogens with zero attached hydrogens (tertiary/aromatic N) is 2. The molecule has 39 heavy (non-hydrogen) atoms. The zero-order valence-corrected chi connectivity index (χ0v) is 21.9. The molecule has 2 saturated heterocycles. The highest BCUT2D eigenvalue weighted by atomic mass is 16.7. The van der Waals surface area contributed by atoms with Crippen LogP contribution in [0.25, 0.3) is 10.8 Å². The van der Waals surface area contributed by atoms with E-state index in [0.29, 0.717) is 30.4 Å². The number of hydroxylamine groups is 1. The van der Waals surface area contributed by atoms with Gasteiger partial charge in [-0.25, -0.2) is 9.96 Å². The van der Waals surface area contributed by atoms with Crippen molar-refractivity contribution in [1.29, 1.82) is 0 Å². The fourth-order valence-electron chi connectivity index (χ4n) is 5.50. The summed E-state index contributed by atoms with van der Waals surface area (Å²) in [7, 11) is 0. The Hall–Kier alpha value is -4.36. The second-order valence-electron chi connectivity index (χ2n) is 9.66. The summed E-state index contributed by atoms with van der Waals surface area (Å²) in [6.45, 7) is 5.00. The molecule has 7 nitrogen and oxygen atoms in total. The molecule has 0 aromatic heterocycles. The molecule has 0 N–H and O–H groups in total. The minimum Gasteiger partial charge on any atom is -0.490 e. The first-order valence-corrected chi connectivity index (χ1v) is 13.4. The number of ether oxygens (including phenoxy) is 2. The van der Waals surface area contributed by atoms with Crippen molar-refractivity contribution in [3.8, 4) is 11.5 Å².